The summed E-state index contributed by atoms with van der Waals surface area (Å²) in [5.74, 6) is 1.75. The zero-order valence-electron chi connectivity index (χ0n) is 16.4. The van der Waals surface area contributed by atoms with Gasteiger partial charge in [0, 0.05) is 19.5 Å². The van der Waals surface area contributed by atoms with Crippen molar-refractivity contribution in [3.63, 3.8) is 0 Å². The van der Waals surface area contributed by atoms with Crippen LogP contribution in [-0.2, 0) is 19.1 Å². The molecule has 27 heavy (non-hydrogen) atoms. The maximum absolute atomic E-state index is 12.7. The van der Waals surface area contributed by atoms with E-state index >= 15 is 0 Å². The summed E-state index contributed by atoms with van der Waals surface area (Å²) in [5.41, 5.74) is -0.119. The first-order valence-corrected chi connectivity index (χ1v) is 11.5. The van der Waals surface area contributed by atoms with Crippen molar-refractivity contribution in [3.8, 4) is 0 Å². The lowest BCUT2D eigenvalue weighted by atomic mass is 9.92. The highest BCUT2D eigenvalue weighted by Crippen LogP contribution is 2.32. The molecule has 2 rings (SSSR count). The predicted octanol–water partition coefficient (Wildman–Crippen LogP) is 1.08. The van der Waals surface area contributed by atoms with E-state index in [4.69, 9.17) is 4.74 Å². The molecule has 2 N–H and O–H groups in total. The quantitative estimate of drug-likeness (QED) is 0.696. The molecule has 2 fully saturated rings. The summed E-state index contributed by atoms with van der Waals surface area (Å²) < 4.78 is 5.51. The third kappa shape index (κ3) is 8.31. The highest BCUT2D eigenvalue weighted by Gasteiger charge is 2.30. The molecule has 0 radical (unpaired) electrons. The third-order valence-electron chi connectivity index (χ3n) is 4.11. The highest BCUT2D eigenvalue weighted by atomic mass is 32.2. The molecule has 2 heterocycles. The Labute approximate surface area is 170 Å². The lowest BCUT2D eigenvalue weighted by Crippen LogP contribution is -2.50. The van der Waals surface area contributed by atoms with Crippen molar-refractivity contribution in [2.75, 3.05) is 44.4 Å². The van der Waals surface area contributed by atoms with E-state index in [1.54, 1.807) is 28.4 Å². The maximum atomic E-state index is 12.7. The molecule has 2 aliphatic rings. The van der Waals surface area contributed by atoms with Crippen LogP contribution in [0.2, 0.25) is 0 Å². The molecular weight excluding hydrogens is 386 g/mol. The zero-order chi connectivity index (χ0) is 19.9. The number of thioether (sulfide) groups is 2. The number of rotatable bonds is 5. The third-order valence-corrected chi connectivity index (χ3v) is 6.98. The van der Waals surface area contributed by atoms with Crippen molar-refractivity contribution in [2.24, 2.45) is 5.41 Å². The molecule has 0 spiro atoms. The lowest BCUT2D eigenvalue weighted by Gasteiger charge is -2.29. The smallest absolute Gasteiger partial charge is 0.245 e. The van der Waals surface area contributed by atoms with Gasteiger partial charge in [-0.3, -0.25) is 14.4 Å². The van der Waals surface area contributed by atoms with Crippen LogP contribution in [0.4, 0.5) is 0 Å². The average Bonchev–Trinajstić information content (AvgIpc) is 2.84. The first kappa shape index (κ1) is 22.4. The summed E-state index contributed by atoms with van der Waals surface area (Å²) in [6.45, 7) is 7.70. The van der Waals surface area contributed by atoms with Crippen LogP contribution in [0.3, 0.4) is 0 Å². The molecule has 154 valence electrons. The van der Waals surface area contributed by atoms with Crippen LogP contribution in [0, 0.1) is 5.41 Å². The van der Waals surface area contributed by atoms with Crippen LogP contribution in [0.5, 0.6) is 0 Å². The Morgan fingerprint density at radius 3 is 2.52 bits per heavy atom. The molecule has 9 heteroatoms. The van der Waals surface area contributed by atoms with E-state index in [1.807, 2.05) is 20.8 Å². The molecule has 0 saturated carbocycles. The number of nitrogens with zero attached hydrogens (tertiary/aromatic N) is 1. The normalized spacial score (nSPS) is 22.0. The fraction of sp³-hybridized carbons (Fsp3) is 0.833. The largest absolute Gasteiger partial charge is 0.377 e. The molecule has 1 atom stereocenters. The molecule has 2 aliphatic heterocycles. The van der Waals surface area contributed by atoms with Gasteiger partial charge in [-0.25, -0.2) is 0 Å². The van der Waals surface area contributed by atoms with Gasteiger partial charge in [0.2, 0.25) is 17.7 Å². The Hall–Kier alpha value is -0.930. The molecule has 3 amide bonds. The van der Waals surface area contributed by atoms with Gasteiger partial charge in [-0.05, 0) is 23.3 Å². The van der Waals surface area contributed by atoms with E-state index in [1.165, 1.54) is 0 Å². The van der Waals surface area contributed by atoms with Gasteiger partial charge >= 0.3 is 0 Å². The fourth-order valence-corrected chi connectivity index (χ4v) is 5.66. The molecule has 1 unspecified atom stereocenters. The summed E-state index contributed by atoms with van der Waals surface area (Å²) >= 11 is 3.40. The number of carbonyl (C=O) groups is 3. The molecule has 7 nitrogen and oxygen atoms in total. The molecular formula is C18H31N3O4S2. The van der Waals surface area contributed by atoms with Crippen molar-refractivity contribution in [2.45, 2.75) is 44.2 Å². The van der Waals surface area contributed by atoms with Crippen LogP contribution in [0.15, 0.2) is 0 Å². The summed E-state index contributed by atoms with van der Waals surface area (Å²) in [5, 5.41) is 5.53. The zero-order valence-corrected chi connectivity index (χ0v) is 18.0. The Bertz CT molecular complexity index is 533. The second-order valence-electron chi connectivity index (χ2n) is 8.06. The SMILES string of the molecule is CC(C)(C)CC(=O)NCC(=O)NC1COCCN(C(=O)C2SCCCS2)C1. The second kappa shape index (κ2) is 10.6. The number of ether oxygens (including phenoxy) is 1. The Morgan fingerprint density at radius 1 is 1.15 bits per heavy atom. The summed E-state index contributed by atoms with van der Waals surface area (Å²) in [7, 11) is 0. The summed E-state index contributed by atoms with van der Waals surface area (Å²) in [6.07, 6.45) is 1.51. The summed E-state index contributed by atoms with van der Waals surface area (Å²) in [4.78, 5) is 38.6. The van der Waals surface area contributed by atoms with Crippen molar-refractivity contribution in [1.29, 1.82) is 0 Å². The van der Waals surface area contributed by atoms with Gasteiger partial charge in [-0.1, -0.05) is 20.8 Å². The average molecular weight is 418 g/mol. The number of hydrogen-bond acceptors (Lipinski definition) is 6. The van der Waals surface area contributed by atoms with Crippen molar-refractivity contribution in [1.82, 2.24) is 15.5 Å². The number of carbonyl (C=O) groups excluding carboxylic acids is 3. The summed E-state index contributed by atoms with van der Waals surface area (Å²) in [6, 6.07) is -0.262. The molecule has 2 saturated heterocycles. The number of amides is 3. The van der Waals surface area contributed by atoms with E-state index < -0.39 is 0 Å². The van der Waals surface area contributed by atoms with E-state index in [2.05, 4.69) is 10.6 Å². The topological polar surface area (TPSA) is 87.7 Å². The fourth-order valence-electron chi connectivity index (χ4n) is 2.88. The van der Waals surface area contributed by atoms with Crippen molar-refractivity contribution >= 4 is 41.2 Å². The number of nitrogens with one attached hydrogen (secondary N) is 2. The minimum absolute atomic E-state index is 0.0510. The van der Waals surface area contributed by atoms with Crippen LogP contribution in [-0.4, -0.2) is 77.6 Å². The maximum Gasteiger partial charge on any atom is 0.245 e. The van der Waals surface area contributed by atoms with Gasteiger partial charge in [0.15, 0.2) is 0 Å². The van der Waals surface area contributed by atoms with E-state index in [-0.39, 0.29) is 40.3 Å². The van der Waals surface area contributed by atoms with Crippen LogP contribution in [0.25, 0.3) is 0 Å². The molecule has 0 aromatic carbocycles. The van der Waals surface area contributed by atoms with Crippen LogP contribution < -0.4 is 10.6 Å². The monoisotopic (exact) mass is 417 g/mol. The van der Waals surface area contributed by atoms with Gasteiger partial charge in [0.1, 0.15) is 4.58 Å². The predicted molar refractivity (Wildman–Crippen MR) is 110 cm³/mol. The van der Waals surface area contributed by atoms with E-state index in [9.17, 15) is 14.4 Å². The van der Waals surface area contributed by atoms with Crippen LogP contribution >= 0.6 is 23.5 Å². The standard InChI is InChI=1S/C18H31N3O4S2/c1-18(2,3)9-14(22)19-10-15(23)20-13-11-21(5-6-25-12-13)16(24)17-26-7-4-8-27-17/h13,17H,4-12H2,1-3H3,(H,19,22)(H,20,23). The molecule has 0 aliphatic carbocycles. The van der Waals surface area contributed by atoms with Gasteiger partial charge in [-0.15, -0.1) is 23.5 Å². The highest BCUT2D eigenvalue weighted by molar-refractivity contribution is 8.18. The Balaban J connectivity index is 1.79. The Morgan fingerprint density at radius 2 is 1.85 bits per heavy atom. The second-order valence-corrected chi connectivity index (χ2v) is 10.8. The van der Waals surface area contributed by atoms with E-state index in [0.29, 0.717) is 32.7 Å². The van der Waals surface area contributed by atoms with Gasteiger partial charge < -0.3 is 20.3 Å². The van der Waals surface area contributed by atoms with Gasteiger partial charge in [-0.2, -0.15) is 0 Å². The Kier molecular flexibility index (Phi) is 8.75. The first-order chi connectivity index (χ1) is 12.7. The lowest BCUT2D eigenvalue weighted by molar-refractivity contribution is -0.130. The molecule has 0 aromatic rings. The minimum Gasteiger partial charge on any atom is -0.377 e. The van der Waals surface area contributed by atoms with Gasteiger partial charge in [0.25, 0.3) is 0 Å². The first-order valence-electron chi connectivity index (χ1n) is 9.40. The van der Waals surface area contributed by atoms with E-state index in [0.717, 1.165) is 17.9 Å². The molecule has 0 bridgehead atoms. The van der Waals surface area contributed by atoms with Crippen LogP contribution in [0.1, 0.15) is 33.6 Å². The van der Waals surface area contributed by atoms with Crippen molar-refractivity contribution in [3.05, 3.63) is 0 Å². The van der Waals surface area contributed by atoms with Crippen molar-refractivity contribution < 1.29 is 19.1 Å². The number of hydrogen-bond donors (Lipinski definition) is 2. The molecule has 0 aromatic heterocycles. The minimum atomic E-state index is -0.262. The van der Waals surface area contributed by atoms with Gasteiger partial charge in [0.05, 0.1) is 25.8 Å².